The van der Waals surface area contributed by atoms with E-state index in [-0.39, 0.29) is 0 Å². The van der Waals surface area contributed by atoms with Crippen LogP contribution in [0.4, 0.5) is 5.82 Å². The lowest BCUT2D eigenvalue weighted by atomic mass is 10.2. The first kappa shape index (κ1) is 12.2. The van der Waals surface area contributed by atoms with E-state index in [2.05, 4.69) is 4.98 Å². The molecule has 94 valence electrons. The molecule has 0 radical (unpaired) electrons. The third kappa shape index (κ3) is 2.48. The lowest BCUT2D eigenvalue weighted by Crippen LogP contribution is -1.87. The molecule has 0 spiro atoms. The number of rotatable bonds is 2. The first-order valence-electron chi connectivity index (χ1n) is 5.82. The van der Waals surface area contributed by atoms with Crippen LogP contribution in [-0.4, -0.2) is 4.98 Å². The molecule has 2 aromatic carbocycles. The van der Waals surface area contributed by atoms with Gasteiger partial charge in [-0.2, -0.15) is 0 Å². The zero-order valence-corrected chi connectivity index (χ0v) is 11.6. The Labute approximate surface area is 120 Å². The molecule has 1 aromatic heterocycles. The Kier molecular flexibility index (Phi) is 3.23. The molecule has 3 rings (SSSR count). The van der Waals surface area contributed by atoms with Gasteiger partial charge in [0.05, 0.1) is 4.88 Å². The SMILES string of the molecule is Nc1nc(-c2ccccc2)sc1-c1ccc(Cl)cc1. The summed E-state index contributed by atoms with van der Waals surface area (Å²) >= 11 is 7.49. The van der Waals surface area contributed by atoms with E-state index in [9.17, 15) is 0 Å². The minimum Gasteiger partial charge on any atom is -0.382 e. The molecule has 0 fully saturated rings. The molecule has 0 unspecified atom stereocenters. The molecule has 4 heteroatoms. The second kappa shape index (κ2) is 5.03. The summed E-state index contributed by atoms with van der Waals surface area (Å²) < 4.78 is 0. The van der Waals surface area contributed by atoms with Gasteiger partial charge in [0, 0.05) is 10.6 Å². The standard InChI is InChI=1S/C15H11ClN2S/c16-12-8-6-10(7-9-12)13-14(17)18-15(19-13)11-4-2-1-3-5-11/h1-9H,17H2. The number of hydrogen-bond acceptors (Lipinski definition) is 3. The van der Waals surface area contributed by atoms with Crippen molar-refractivity contribution >= 4 is 28.8 Å². The number of nitrogens with two attached hydrogens (primary N) is 1. The van der Waals surface area contributed by atoms with E-state index >= 15 is 0 Å². The summed E-state index contributed by atoms with van der Waals surface area (Å²) in [4.78, 5) is 5.42. The largest absolute Gasteiger partial charge is 0.382 e. The normalized spacial score (nSPS) is 10.6. The Bertz CT molecular complexity index is 690. The topological polar surface area (TPSA) is 38.9 Å². The number of nitrogen functional groups attached to an aromatic ring is 1. The van der Waals surface area contributed by atoms with E-state index in [1.807, 2.05) is 54.6 Å². The average molecular weight is 287 g/mol. The van der Waals surface area contributed by atoms with Gasteiger partial charge in [0.1, 0.15) is 10.8 Å². The van der Waals surface area contributed by atoms with Crippen LogP contribution in [0.25, 0.3) is 21.0 Å². The number of anilines is 1. The number of benzene rings is 2. The van der Waals surface area contributed by atoms with E-state index < -0.39 is 0 Å². The van der Waals surface area contributed by atoms with Gasteiger partial charge in [-0.15, -0.1) is 11.3 Å². The molecule has 3 aromatic rings. The summed E-state index contributed by atoms with van der Waals surface area (Å²) in [5.74, 6) is 0.561. The Balaban J connectivity index is 2.05. The predicted molar refractivity (Wildman–Crippen MR) is 82.4 cm³/mol. The highest BCUT2D eigenvalue weighted by atomic mass is 35.5. The van der Waals surface area contributed by atoms with E-state index in [0.29, 0.717) is 5.82 Å². The third-order valence-corrected chi connectivity index (χ3v) is 4.20. The van der Waals surface area contributed by atoms with E-state index in [1.54, 1.807) is 11.3 Å². The van der Waals surface area contributed by atoms with Crippen LogP contribution in [0, 0.1) is 0 Å². The van der Waals surface area contributed by atoms with Crippen LogP contribution in [0.3, 0.4) is 0 Å². The summed E-state index contributed by atoms with van der Waals surface area (Å²) in [6.45, 7) is 0. The van der Waals surface area contributed by atoms with Crippen molar-refractivity contribution in [2.45, 2.75) is 0 Å². The molecule has 0 saturated heterocycles. The fourth-order valence-corrected chi connectivity index (χ4v) is 2.97. The third-order valence-electron chi connectivity index (χ3n) is 2.78. The van der Waals surface area contributed by atoms with Gasteiger partial charge < -0.3 is 5.73 Å². The van der Waals surface area contributed by atoms with Gasteiger partial charge in [-0.25, -0.2) is 4.98 Å². The van der Waals surface area contributed by atoms with E-state index in [4.69, 9.17) is 17.3 Å². The van der Waals surface area contributed by atoms with Crippen LogP contribution in [0.5, 0.6) is 0 Å². The lowest BCUT2D eigenvalue weighted by molar-refractivity contribution is 1.41. The smallest absolute Gasteiger partial charge is 0.143 e. The molecule has 2 N–H and O–H groups in total. The molecule has 0 saturated carbocycles. The van der Waals surface area contributed by atoms with Gasteiger partial charge in [0.2, 0.25) is 0 Å². The number of halogens is 1. The molecule has 19 heavy (non-hydrogen) atoms. The first-order valence-corrected chi connectivity index (χ1v) is 7.01. The van der Waals surface area contributed by atoms with Gasteiger partial charge in [-0.3, -0.25) is 0 Å². The molecule has 0 aliphatic heterocycles. The highest BCUT2D eigenvalue weighted by Crippen LogP contribution is 2.37. The van der Waals surface area contributed by atoms with Crippen molar-refractivity contribution in [2.75, 3.05) is 5.73 Å². The van der Waals surface area contributed by atoms with Crippen molar-refractivity contribution in [3.8, 4) is 21.0 Å². The van der Waals surface area contributed by atoms with Crippen molar-refractivity contribution in [1.29, 1.82) is 0 Å². The van der Waals surface area contributed by atoms with Crippen molar-refractivity contribution in [1.82, 2.24) is 4.98 Å². The lowest BCUT2D eigenvalue weighted by Gasteiger charge is -1.98. The minimum atomic E-state index is 0.561. The number of thiazole rings is 1. The quantitative estimate of drug-likeness (QED) is 0.741. The maximum absolute atomic E-state index is 6.02. The average Bonchev–Trinajstić information content (AvgIpc) is 2.83. The fourth-order valence-electron chi connectivity index (χ4n) is 1.84. The summed E-state index contributed by atoms with van der Waals surface area (Å²) in [7, 11) is 0. The first-order chi connectivity index (χ1) is 9.24. The summed E-state index contributed by atoms with van der Waals surface area (Å²) in [6.07, 6.45) is 0. The van der Waals surface area contributed by atoms with Gasteiger partial charge in [0.25, 0.3) is 0 Å². The van der Waals surface area contributed by atoms with Gasteiger partial charge in [-0.1, -0.05) is 54.1 Å². The van der Waals surface area contributed by atoms with Crippen molar-refractivity contribution in [3.05, 3.63) is 59.6 Å². The molecule has 0 aliphatic rings. The summed E-state index contributed by atoms with van der Waals surface area (Å²) in [5, 5.41) is 1.65. The molecular weight excluding hydrogens is 276 g/mol. The van der Waals surface area contributed by atoms with Crippen LogP contribution < -0.4 is 5.73 Å². The monoisotopic (exact) mass is 286 g/mol. The van der Waals surface area contributed by atoms with Crippen LogP contribution in [0.2, 0.25) is 5.02 Å². The Morgan fingerprint density at radius 3 is 2.26 bits per heavy atom. The summed E-state index contributed by atoms with van der Waals surface area (Å²) in [5.41, 5.74) is 8.14. The maximum atomic E-state index is 6.02. The zero-order valence-electron chi connectivity index (χ0n) is 10.0. The van der Waals surface area contributed by atoms with E-state index in [0.717, 1.165) is 26.0 Å². The predicted octanol–water partition coefficient (Wildman–Crippen LogP) is 4.71. The number of aromatic nitrogens is 1. The van der Waals surface area contributed by atoms with Crippen molar-refractivity contribution in [2.24, 2.45) is 0 Å². The molecule has 2 nitrogen and oxygen atoms in total. The molecule has 0 bridgehead atoms. The summed E-state index contributed by atoms with van der Waals surface area (Å²) in [6, 6.07) is 17.7. The number of nitrogens with zero attached hydrogens (tertiary/aromatic N) is 1. The highest BCUT2D eigenvalue weighted by molar-refractivity contribution is 7.19. The van der Waals surface area contributed by atoms with Gasteiger partial charge in [-0.05, 0) is 17.7 Å². The second-order valence-corrected chi connectivity index (χ2v) is 5.54. The van der Waals surface area contributed by atoms with Crippen LogP contribution >= 0.6 is 22.9 Å². The molecule has 0 amide bonds. The van der Waals surface area contributed by atoms with Crippen molar-refractivity contribution in [3.63, 3.8) is 0 Å². The fraction of sp³-hybridized carbons (Fsp3) is 0. The maximum Gasteiger partial charge on any atom is 0.143 e. The Hall–Kier alpha value is -1.84. The van der Waals surface area contributed by atoms with Crippen LogP contribution in [0.15, 0.2) is 54.6 Å². The second-order valence-electron chi connectivity index (χ2n) is 4.11. The Morgan fingerprint density at radius 2 is 1.58 bits per heavy atom. The molecular formula is C15H11ClN2S. The molecule has 0 aliphatic carbocycles. The van der Waals surface area contributed by atoms with Crippen LogP contribution in [-0.2, 0) is 0 Å². The minimum absolute atomic E-state index is 0.561. The van der Waals surface area contributed by atoms with E-state index in [1.165, 1.54) is 0 Å². The van der Waals surface area contributed by atoms with Gasteiger partial charge >= 0.3 is 0 Å². The Morgan fingerprint density at radius 1 is 0.895 bits per heavy atom. The van der Waals surface area contributed by atoms with Crippen LogP contribution in [0.1, 0.15) is 0 Å². The molecule has 1 heterocycles. The molecule has 0 atom stereocenters. The highest BCUT2D eigenvalue weighted by Gasteiger charge is 2.11. The zero-order chi connectivity index (χ0) is 13.2. The van der Waals surface area contributed by atoms with Crippen molar-refractivity contribution < 1.29 is 0 Å². The van der Waals surface area contributed by atoms with Gasteiger partial charge in [0.15, 0.2) is 0 Å². The number of hydrogen-bond donors (Lipinski definition) is 1.